The van der Waals surface area contributed by atoms with E-state index in [1.54, 1.807) is 23.5 Å². The molecule has 0 aliphatic heterocycles. The van der Waals surface area contributed by atoms with E-state index in [9.17, 15) is 10.1 Å². The summed E-state index contributed by atoms with van der Waals surface area (Å²) in [5, 5.41) is 13.2. The molecule has 0 spiro atoms. The number of thiazole rings is 1. The molecule has 30 heavy (non-hydrogen) atoms. The van der Waals surface area contributed by atoms with E-state index >= 15 is 0 Å². The zero-order chi connectivity index (χ0) is 21.1. The summed E-state index contributed by atoms with van der Waals surface area (Å²) in [7, 11) is 0. The maximum Gasteiger partial charge on any atom is 0.269 e. The van der Waals surface area contributed by atoms with Crippen LogP contribution in [0.2, 0.25) is 0 Å². The van der Waals surface area contributed by atoms with Crippen molar-refractivity contribution in [3.05, 3.63) is 73.9 Å². The topological polar surface area (TPSA) is 60.4 Å². The van der Waals surface area contributed by atoms with E-state index < -0.39 is 0 Å². The first-order valence-corrected chi connectivity index (χ1v) is 11.4. The van der Waals surface area contributed by atoms with Gasteiger partial charge in [0.05, 0.1) is 16.3 Å². The molecular formula is C24H27N3O2S. The molecule has 0 atom stereocenters. The van der Waals surface area contributed by atoms with Crippen molar-refractivity contribution in [3.8, 4) is 11.3 Å². The average Bonchev–Trinajstić information content (AvgIpc) is 3.13. The van der Waals surface area contributed by atoms with Crippen molar-refractivity contribution in [1.29, 1.82) is 0 Å². The minimum Gasteiger partial charge on any atom is -0.316 e. The van der Waals surface area contributed by atoms with Crippen molar-refractivity contribution in [2.45, 2.75) is 52.5 Å². The summed E-state index contributed by atoms with van der Waals surface area (Å²) in [6, 6.07) is 13.2. The third-order valence-electron chi connectivity index (χ3n) is 5.91. The Morgan fingerprint density at radius 1 is 1.10 bits per heavy atom. The van der Waals surface area contributed by atoms with E-state index in [4.69, 9.17) is 4.99 Å². The zero-order valence-corrected chi connectivity index (χ0v) is 18.3. The molecule has 0 bridgehead atoms. The number of benzene rings is 2. The van der Waals surface area contributed by atoms with Crippen LogP contribution in [0, 0.1) is 29.9 Å². The molecule has 0 saturated heterocycles. The van der Waals surface area contributed by atoms with Crippen LogP contribution in [0.25, 0.3) is 11.3 Å². The minimum absolute atomic E-state index is 0.119. The fourth-order valence-corrected chi connectivity index (χ4v) is 5.17. The molecule has 156 valence electrons. The fourth-order valence-electron chi connectivity index (χ4n) is 4.24. The number of nitro groups is 1. The van der Waals surface area contributed by atoms with Crippen LogP contribution in [0.4, 0.5) is 11.4 Å². The summed E-state index contributed by atoms with van der Waals surface area (Å²) in [5.41, 5.74) is 5.60. The zero-order valence-electron chi connectivity index (χ0n) is 17.5. The van der Waals surface area contributed by atoms with Crippen LogP contribution in [-0.4, -0.2) is 9.49 Å². The highest BCUT2D eigenvalue weighted by atomic mass is 32.1. The molecule has 0 amide bonds. The third kappa shape index (κ3) is 4.54. The molecule has 5 nitrogen and oxygen atoms in total. The SMILES string of the molecule is Cc1ccc(N=c2scc(-c3ccc([N+](=O)[O-])cc3)n2CC2CCCCC2)c(C)c1. The van der Waals surface area contributed by atoms with Crippen LogP contribution in [0.3, 0.4) is 0 Å². The maximum atomic E-state index is 11.0. The van der Waals surface area contributed by atoms with Gasteiger partial charge in [-0.05, 0) is 61.9 Å². The Morgan fingerprint density at radius 2 is 1.83 bits per heavy atom. The molecule has 1 saturated carbocycles. The van der Waals surface area contributed by atoms with Crippen LogP contribution in [0.15, 0.2) is 52.8 Å². The highest BCUT2D eigenvalue weighted by Gasteiger charge is 2.18. The lowest BCUT2D eigenvalue weighted by molar-refractivity contribution is -0.384. The van der Waals surface area contributed by atoms with Gasteiger partial charge in [-0.15, -0.1) is 11.3 Å². The first kappa shape index (κ1) is 20.5. The first-order valence-electron chi connectivity index (χ1n) is 10.6. The summed E-state index contributed by atoms with van der Waals surface area (Å²) >= 11 is 1.64. The highest BCUT2D eigenvalue weighted by molar-refractivity contribution is 7.07. The van der Waals surface area contributed by atoms with Crippen LogP contribution < -0.4 is 4.80 Å². The fraction of sp³-hybridized carbons (Fsp3) is 0.375. The predicted molar refractivity (Wildman–Crippen MR) is 122 cm³/mol. The lowest BCUT2D eigenvalue weighted by Gasteiger charge is -2.23. The molecule has 2 aromatic carbocycles. The van der Waals surface area contributed by atoms with Gasteiger partial charge in [0.1, 0.15) is 0 Å². The van der Waals surface area contributed by atoms with Gasteiger partial charge in [-0.3, -0.25) is 10.1 Å². The number of hydrogen-bond acceptors (Lipinski definition) is 4. The van der Waals surface area contributed by atoms with Crippen molar-refractivity contribution in [2.75, 3.05) is 0 Å². The van der Waals surface area contributed by atoms with E-state index in [0.29, 0.717) is 5.92 Å². The molecule has 4 rings (SSSR count). The van der Waals surface area contributed by atoms with E-state index in [1.165, 1.54) is 43.2 Å². The number of rotatable bonds is 5. The van der Waals surface area contributed by atoms with Gasteiger partial charge in [0.2, 0.25) is 0 Å². The molecule has 3 aromatic rings. The van der Waals surface area contributed by atoms with Crippen molar-refractivity contribution in [1.82, 2.24) is 4.57 Å². The second-order valence-corrected chi connectivity index (χ2v) is 9.06. The van der Waals surface area contributed by atoms with E-state index in [2.05, 4.69) is 42.0 Å². The lowest BCUT2D eigenvalue weighted by atomic mass is 9.89. The second-order valence-electron chi connectivity index (χ2n) is 8.22. The molecule has 0 radical (unpaired) electrons. The first-order chi connectivity index (χ1) is 14.5. The van der Waals surface area contributed by atoms with Gasteiger partial charge in [-0.25, -0.2) is 4.99 Å². The van der Waals surface area contributed by atoms with Crippen LogP contribution in [0.1, 0.15) is 43.2 Å². The quantitative estimate of drug-likeness (QED) is 0.346. The Labute approximate surface area is 180 Å². The van der Waals surface area contributed by atoms with Crippen LogP contribution in [0.5, 0.6) is 0 Å². The summed E-state index contributed by atoms with van der Waals surface area (Å²) in [4.78, 5) is 16.7. The number of nitrogens with zero attached hydrogens (tertiary/aromatic N) is 3. The second kappa shape index (κ2) is 8.96. The normalized spacial score (nSPS) is 15.5. The van der Waals surface area contributed by atoms with Crippen LogP contribution in [-0.2, 0) is 6.54 Å². The smallest absolute Gasteiger partial charge is 0.269 e. The van der Waals surface area contributed by atoms with Gasteiger partial charge in [0, 0.05) is 24.1 Å². The molecule has 1 aliphatic rings. The summed E-state index contributed by atoms with van der Waals surface area (Å²) < 4.78 is 2.32. The molecule has 1 heterocycles. The number of nitro benzene ring substituents is 1. The highest BCUT2D eigenvalue weighted by Crippen LogP contribution is 2.29. The third-order valence-corrected chi connectivity index (χ3v) is 6.77. The molecule has 0 unspecified atom stereocenters. The summed E-state index contributed by atoms with van der Waals surface area (Å²) in [5.74, 6) is 0.656. The largest absolute Gasteiger partial charge is 0.316 e. The number of hydrogen-bond donors (Lipinski definition) is 0. The molecule has 0 N–H and O–H groups in total. The van der Waals surface area contributed by atoms with E-state index in [1.807, 2.05) is 12.1 Å². The Morgan fingerprint density at radius 3 is 2.50 bits per heavy atom. The van der Waals surface area contributed by atoms with Gasteiger partial charge >= 0.3 is 0 Å². The molecule has 1 aromatic heterocycles. The lowest BCUT2D eigenvalue weighted by Crippen LogP contribution is -2.22. The molecule has 1 aliphatic carbocycles. The summed E-state index contributed by atoms with van der Waals surface area (Å²) in [6.07, 6.45) is 6.44. The Balaban J connectivity index is 1.78. The summed E-state index contributed by atoms with van der Waals surface area (Å²) in [6.45, 7) is 5.14. The molecule has 1 fully saturated rings. The average molecular weight is 422 g/mol. The molecule has 6 heteroatoms. The van der Waals surface area contributed by atoms with Gasteiger partial charge in [0.25, 0.3) is 5.69 Å². The van der Waals surface area contributed by atoms with Crippen molar-refractivity contribution in [3.63, 3.8) is 0 Å². The van der Waals surface area contributed by atoms with Crippen molar-refractivity contribution >= 4 is 22.7 Å². The van der Waals surface area contributed by atoms with Gasteiger partial charge in [0.15, 0.2) is 4.80 Å². The number of non-ortho nitro benzene ring substituents is 1. The van der Waals surface area contributed by atoms with E-state index in [-0.39, 0.29) is 10.6 Å². The van der Waals surface area contributed by atoms with Crippen LogP contribution >= 0.6 is 11.3 Å². The van der Waals surface area contributed by atoms with Gasteiger partial charge < -0.3 is 4.57 Å². The van der Waals surface area contributed by atoms with Gasteiger partial charge in [-0.1, -0.05) is 37.0 Å². The minimum atomic E-state index is -0.353. The number of aromatic nitrogens is 1. The molecular weight excluding hydrogens is 394 g/mol. The predicted octanol–water partition coefficient (Wildman–Crippen LogP) is 6.55. The standard InChI is InChI=1S/C24H27N3O2S/c1-17-8-13-22(18(2)14-17)25-24-26(15-19-6-4-3-5-7-19)23(16-30-24)20-9-11-21(12-10-20)27(28)29/h8-14,16,19H,3-7,15H2,1-2H3. The van der Waals surface area contributed by atoms with Crippen molar-refractivity contribution in [2.24, 2.45) is 10.9 Å². The monoisotopic (exact) mass is 421 g/mol. The Kier molecular flexibility index (Phi) is 6.13. The van der Waals surface area contributed by atoms with Crippen molar-refractivity contribution < 1.29 is 4.92 Å². The van der Waals surface area contributed by atoms with Gasteiger partial charge in [-0.2, -0.15) is 0 Å². The Bertz CT molecular complexity index is 1110. The maximum absolute atomic E-state index is 11.0. The number of aryl methyl sites for hydroxylation is 2. The van der Waals surface area contributed by atoms with E-state index in [0.717, 1.165) is 28.3 Å². The Hall–Kier alpha value is -2.73.